The highest BCUT2D eigenvalue weighted by atomic mass is 35.5. The molecule has 0 aliphatic heterocycles. The molecule has 0 aromatic carbocycles. The lowest BCUT2D eigenvalue weighted by molar-refractivity contribution is -0.389. The van der Waals surface area contributed by atoms with Crippen LogP contribution in [0.3, 0.4) is 0 Å². The first kappa shape index (κ1) is 14.5. The van der Waals surface area contributed by atoms with E-state index >= 15 is 0 Å². The van der Waals surface area contributed by atoms with Crippen molar-refractivity contribution in [3.8, 4) is 0 Å². The molecule has 8 heteroatoms. The zero-order valence-electron chi connectivity index (χ0n) is 9.64. The van der Waals surface area contributed by atoms with Crippen molar-refractivity contribution in [1.29, 1.82) is 0 Å². The number of halogens is 1. The number of aromatic nitrogens is 1. The van der Waals surface area contributed by atoms with E-state index in [0.29, 0.717) is 6.54 Å². The molecule has 100 valence electrons. The smallest absolute Gasteiger partial charge is 0.321 e. The number of H-pyrrole nitrogens is 1. The van der Waals surface area contributed by atoms with E-state index in [0.717, 1.165) is 19.3 Å². The van der Waals surface area contributed by atoms with Gasteiger partial charge in [0.05, 0.1) is 0 Å². The Bertz CT molecular complexity index is 456. The Morgan fingerprint density at radius 1 is 1.56 bits per heavy atom. The molecule has 1 saturated carbocycles. The topological polar surface area (TPSA) is 114 Å². The molecule has 0 radical (unpaired) electrons. The van der Waals surface area contributed by atoms with Gasteiger partial charge in [0.2, 0.25) is 0 Å². The minimum Gasteiger partial charge on any atom is -0.358 e. The van der Waals surface area contributed by atoms with Gasteiger partial charge in [0.1, 0.15) is 0 Å². The standard InChI is InChI=1S/C10H14N4O3.ClH/c11-10(4-1-5-10)6-12-9(15)7-2-3-8(13-7)14(16)17;/h2-3,13H,1,4-6,11H2,(H,12,15);1H. The fraction of sp³-hybridized carbons (Fsp3) is 0.500. The summed E-state index contributed by atoms with van der Waals surface area (Å²) >= 11 is 0. The van der Waals surface area contributed by atoms with Gasteiger partial charge in [-0.2, -0.15) is 0 Å². The lowest BCUT2D eigenvalue weighted by atomic mass is 9.78. The fourth-order valence-corrected chi connectivity index (χ4v) is 1.78. The fourth-order valence-electron chi connectivity index (χ4n) is 1.78. The summed E-state index contributed by atoms with van der Waals surface area (Å²) in [6, 6.07) is 2.65. The highest BCUT2D eigenvalue weighted by molar-refractivity contribution is 5.92. The van der Waals surface area contributed by atoms with E-state index in [-0.39, 0.29) is 35.4 Å². The number of nitrogens with one attached hydrogen (secondary N) is 2. The number of nitrogens with zero attached hydrogens (tertiary/aromatic N) is 1. The third-order valence-corrected chi connectivity index (χ3v) is 3.06. The summed E-state index contributed by atoms with van der Waals surface area (Å²) in [7, 11) is 0. The van der Waals surface area contributed by atoms with Crippen LogP contribution in [0.2, 0.25) is 0 Å². The van der Waals surface area contributed by atoms with Gasteiger partial charge >= 0.3 is 5.82 Å². The van der Waals surface area contributed by atoms with E-state index in [4.69, 9.17) is 5.73 Å². The van der Waals surface area contributed by atoms with Gasteiger partial charge in [-0.3, -0.25) is 4.79 Å². The van der Waals surface area contributed by atoms with Crippen LogP contribution < -0.4 is 11.1 Å². The number of hydrogen-bond donors (Lipinski definition) is 3. The van der Waals surface area contributed by atoms with Gasteiger partial charge in [-0.05, 0) is 30.3 Å². The number of hydrogen-bond acceptors (Lipinski definition) is 4. The number of rotatable bonds is 4. The van der Waals surface area contributed by atoms with Crippen LogP contribution in [0, 0.1) is 10.1 Å². The molecule has 1 aliphatic rings. The third-order valence-electron chi connectivity index (χ3n) is 3.06. The molecule has 0 spiro atoms. The number of nitro groups is 1. The van der Waals surface area contributed by atoms with E-state index in [1.54, 1.807) is 0 Å². The predicted octanol–water partition coefficient (Wildman–Crippen LogP) is 0.956. The summed E-state index contributed by atoms with van der Waals surface area (Å²) in [5.41, 5.74) is 5.83. The van der Waals surface area contributed by atoms with Gasteiger partial charge in [0, 0.05) is 18.2 Å². The number of carbonyl (C=O) groups is 1. The number of amides is 1. The summed E-state index contributed by atoms with van der Waals surface area (Å²) in [5.74, 6) is -0.559. The molecule has 7 nitrogen and oxygen atoms in total. The van der Waals surface area contributed by atoms with Crippen molar-refractivity contribution in [2.75, 3.05) is 6.54 Å². The van der Waals surface area contributed by atoms with Crippen molar-refractivity contribution in [2.45, 2.75) is 24.8 Å². The molecule has 1 aromatic heterocycles. The van der Waals surface area contributed by atoms with Gasteiger partial charge in [0.25, 0.3) is 5.91 Å². The van der Waals surface area contributed by atoms with E-state index < -0.39 is 4.92 Å². The Hall–Kier alpha value is -1.60. The molecule has 1 amide bonds. The summed E-state index contributed by atoms with van der Waals surface area (Å²) in [5, 5.41) is 13.1. The molecule has 0 atom stereocenters. The first-order valence-corrected chi connectivity index (χ1v) is 5.41. The van der Waals surface area contributed by atoms with Crippen molar-refractivity contribution in [2.24, 2.45) is 5.73 Å². The maximum atomic E-state index is 11.6. The molecule has 1 aliphatic carbocycles. The van der Waals surface area contributed by atoms with Crippen LogP contribution >= 0.6 is 12.4 Å². The Morgan fingerprint density at radius 2 is 2.22 bits per heavy atom. The van der Waals surface area contributed by atoms with Crippen LogP contribution in [0.25, 0.3) is 0 Å². The molecular weight excluding hydrogens is 260 g/mol. The Labute approximate surface area is 110 Å². The average Bonchev–Trinajstić information content (AvgIpc) is 2.72. The summed E-state index contributed by atoms with van der Waals surface area (Å²) in [6.07, 6.45) is 2.89. The van der Waals surface area contributed by atoms with Crippen molar-refractivity contribution < 1.29 is 9.72 Å². The average molecular weight is 275 g/mol. The quantitative estimate of drug-likeness (QED) is 0.560. The predicted molar refractivity (Wildman–Crippen MR) is 67.8 cm³/mol. The van der Waals surface area contributed by atoms with Gasteiger partial charge in [-0.15, -0.1) is 12.4 Å². The van der Waals surface area contributed by atoms with Crippen LogP contribution in [0.4, 0.5) is 5.82 Å². The molecule has 0 unspecified atom stereocenters. The summed E-state index contributed by atoms with van der Waals surface area (Å²) < 4.78 is 0. The molecular formula is C10H15ClN4O3. The minimum atomic E-state index is -0.576. The number of nitrogens with two attached hydrogens (primary N) is 1. The van der Waals surface area contributed by atoms with Crippen molar-refractivity contribution >= 4 is 24.1 Å². The SMILES string of the molecule is Cl.NC1(CNC(=O)c2ccc([N+](=O)[O-])[nH]2)CCC1. The number of aromatic amines is 1. The second kappa shape index (κ2) is 5.36. The molecule has 1 fully saturated rings. The van der Waals surface area contributed by atoms with E-state index in [1.807, 2.05) is 0 Å². The highest BCUT2D eigenvalue weighted by Gasteiger charge is 2.33. The first-order valence-electron chi connectivity index (χ1n) is 5.41. The minimum absolute atomic E-state index is 0. The molecule has 1 heterocycles. The van der Waals surface area contributed by atoms with E-state index in [2.05, 4.69) is 10.3 Å². The third kappa shape index (κ3) is 2.99. The molecule has 18 heavy (non-hydrogen) atoms. The van der Waals surface area contributed by atoms with Gasteiger partial charge in [0.15, 0.2) is 5.69 Å². The van der Waals surface area contributed by atoms with Crippen LogP contribution in [0.5, 0.6) is 0 Å². The van der Waals surface area contributed by atoms with E-state index in [1.165, 1.54) is 12.1 Å². The maximum Gasteiger partial charge on any atom is 0.321 e. The van der Waals surface area contributed by atoms with Crippen LogP contribution in [-0.4, -0.2) is 27.9 Å². The van der Waals surface area contributed by atoms with Gasteiger partial charge in [-0.25, -0.2) is 4.98 Å². The van der Waals surface area contributed by atoms with Gasteiger partial charge in [-0.1, -0.05) is 0 Å². The molecule has 2 rings (SSSR count). The zero-order chi connectivity index (χ0) is 12.5. The maximum absolute atomic E-state index is 11.6. The van der Waals surface area contributed by atoms with Gasteiger partial charge < -0.3 is 21.2 Å². The van der Waals surface area contributed by atoms with E-state index in [9.17, 15) is 14.9 Å². The van der Waals surface area contributed by atoms with Crippen molar-refractivity contribution in [1.82, 2.24) is 10.3 Å². The summed E-state index contributed by atoms with van der Waals surface area (Å²) in [4.78, 5) is 23.9. The van der Waals surface area contributed by atoms with Crippen molar-refractivity contribution in [3.05, 3.63) is 27.9 Å². The highest BCUT2D eigenvalue weighted by Crippen LogP contribution is 2.28. The normalized spacial score (nSPS) is 16.3. The summed E-state index contributed by atoms with van der Waals surface area (Å²) in [6.45, 7) is 0.401. The second-order valence-corrected chi connectivity index (χ2v) is 4.41. The van der Waals surface area contributed by atoms with Crippen LogP contribution in [-0.2, 0) is 0 Å². The second-order valence-electron chi connectivity index (χ2n) is 4.41. The Morgan fingerprint density at radius 3 is 2.67 bits per heavy atom. The Balaban J connectivity index is 0.00000162. The lowest BCUT2D eigenvalue weighted by Gasteiger charge is -2.37. The molecule has 4 N–H and O–H groups in total. The number of carbonyl (C=O) groups excluding carboxylic acids is 1. The molecule has 1 aromatic rings. The lowest BCUT2D eigenvalue weighted by Crippen LogP contribution is -2.54. The zero-order valence-corrected chi connectivity index (χ0v) is 10.5. The van der Waals surface area contributed by atoms with Crippen LogP contribution in [0.15, 0.2) is 12.1 Å². The molecule has 0 saturated heterocycles. The van der Waals surface area contributed by atoms with Crippen molar-refractivity contribution in [3.63, 3.8) is 0 Å². The Kier molecular flexibility index (Phi) is 4.31. The largest absolute Gasteiger partial charge is 0.358 e. The van der Waals surface area contributed by atoms with Crippen LogP contribution in [0.1, 0.15) is 29.8 Å². The monoisotopic (exact) mass is 274 g/mol. The first-order chi connectivity index (χ1) is 8.00. The molecule has 0 bridgehead atoms.